The molecule has 4 rings (SSSR count). The Kier molecular flexibility index (Phi) is 11.9. The number of aliphatic hydroxyl groups is 2. The van der Waals surface area contributed by atoms with Crippen LogP contribution < -0.4 is 0 Å². The first kappa shape index (κ1) is 28.5. The van der Waals surface area contributed by atoms with Crippen LogP contribution in [0, 0.1) is 12.0 Å². The molecular formula is C30H33IrN2O2-. The van der Waals surface area contributed by atoms with Crippen LogP contribution in [0.4, 0.5) is 0 Å². The Morgan fingerprint density at radius 3 is 1.89 bits per heavy atom. The van der Waals surface area contributed by atoms with Gasteiger partial charge < -0.3 is 15.2 Å². The van der Waals surface area contributed by atoms with Crippen LogP contribution in [0.15, 0.2) is 91.1 Å². The van der Waals surface area contributed by atoms with Crippen molar-refractivity contribution in [1.29, 1.82) is 0 Å². The molecule has 1 aromatic heterocycles. The van der Waals surface area contributed by atoms with E-state index in [1.807, 2.05) is 79.0 Å². The van der Waals surface area contributed by atoms with Crippen LogP contribution in [-0.2, 0) is 20.1 Å². The summed E-state index contributed by atoms with van der Waals surface area (Å²) in [5.41, 5.74) is 5.65. The van der Waals surface area contributed by atoms with E-state index in [1.165, 1.54) is 0 Å². The fraction of sp³-hybridized carbons (Fsp3) is 0.267. The molecule has 4 aromatic rings. The zero-order valence-electron chi connectivity index (χ0n) is 20.4. The van der Waals surface area contributed by atoms with Crippen molar-refractivity contribution >= 4 is 0 Å². The molecule has 2 unspecified atom stereocenters. The van der Waals surface area contributed by atoms with Crippen LogP contribution in [0.1, 0.15) is 33.6 Å². The second-order valence-electron chi connectivity index (χ2n) is 8.83. The first-order valence-corrected chi connectivity index (χ1v) is 11.7. The molecule has 5 heteroatoms. The van der Waals surface area contributed by atoms with Crippen molar-refractivity contribution in [1.82, 2.24) is 9.97 Å². The summed E-state index contributed by atoms with van der Waals surface area (Å²) in [5.74, 6) is 0.508. The van der Waals surface area contributed by atoms with Gasteiger partial charge in [-0.1, -0.05) is 74.5 Å². The molecule has 0 aliphatic rings. The largest absolute Gasteiger partial charge is 0.393 e. The van der Waals surface area contributed by atoms with Crippen LogP contribution >= 0.6 is 0 Å². The summed E-state index contributed by atoms with van der Waals surface area (Å²) in [4.78, 5) is 9.61. The minimum atomic E-state index is -0.381. The summed E-state index contributed by atoms with van der Waals surface area (Å²) in [5, 5.41) is 18.1. The third-order valence-corrected chi connectivity index (χ3v) is 5.21. The van der Waals surface area contributed by atoms with Gasteiger partial charge in [0.1, 0.15) is 0 Å². The van der Waals surface area contributed by atoms with E-state index < -0.39 is 0 Å². The molecule has 35 heavy (non-hydrogen) atoms. The van der Waals surface area contributed by atoms with Gasteiger partial charge in [0.2, 0.25) is 0 Å². The number of aromatic nitrogens is 2. The number of benzene rings is 3. The average Bonchev–Trinajstić information content (AvgIpc) is 2.85. The van der Waals surface area contributed by atoms with Crippen LogP contribution in [0.5, 0.6) is 0 Å². The Labute approximate surface area is 222 Å². The molecule has 185 valence electrons. The summed E-state index contributed by atoms with van der Waals surface area (Å²) in [6, 6.07) is 31.4. The van der Waals surface area contributed by atoms with Gasteiger partial charge in [-0.3, -0.25) is 4.98 Å². The Morgan fingerprint density at radius 1 is 0.743 bits per heavy atom. The zero-order valence-corrected chi connectivity index (χ0v) is 22.8. The molecule has 2 N–H and O–H groups in total. The van der Waals surface area contributed by atoms with Gasteiger partial charge in [0.25, 0.3) is 0 Å². The van der Waals surface area contributed by atoms with Gasteiger partial charge in [-0.05, 0) is 31.2 Å². The van der Waals surface area contributed by atoms with Crippen LogP contribution in [-0.4, -0.2) is 32.4 Å². The summed E-state index contributed by atoms with van der Waals surface area (Å²) in [7, 11) is 0. The smallest absolute Gasteiger partial charge is 0.0873 e. The van der Waals surface area contributed by atoms with E-state index in [-0.39, 0.29) is 32.3 Å². The maximum Gasteiger partial charge on any atom is 0.0873 e. The Balaban J connectivity index is 0.000000338. The summed E-state index contributed by atoms with van der Waals surface area (Å²) < 4.78 is 0. The van der Waals surface area contributed by atoms with Gasteiger partial charge in [-0.2, -0.15) is 0 Å². The molecule has 0 spiro atoms. The molecule has 3 aromatic carbocycles. The van der Waals surface area contributed by atoms with E-state index in [2.05, 4.69) is 32.0 Å². The number of rotatable bonds is 7. The summed E-state index contributed by atoms with van der Waals surface area (Å²) in [6.45, 7) is 5.82. The third-order valence-electron chi connectivity index (χ3n) is 5.21. The van der Waals surface area contributed by atoms with E-state index >= 15 is 0 Å². The Bertz CT molecular complexity index is 1110. The number of hydrogen-bond donors (Lipinski definition) is 2. The van der Waals surface area contributed by atoms with Gasteiger partial charge in [0.05, 0.1) is 23.6 Å². The number of aliphatic hydroxyl groups excluding tert-OH is 2. The molecule has 4 nitrogen and oxygen atoms in total. The van der Waals surface area contributed by atoms with Crippen molar-refractivity contribution in [2.24, 2.45) is 5.92 Å². The molecule has 0 aliphatic carbocycles. The Hall–Kier alpha value is -2.69. The molecule has 1 radical (unpaired) electrons. The first-order valence-electron chi connectivity index (χ1n) is 11.7. The standard InChI is InChI=1S/C22H15N2.C8H18O2.Ir/c1-4-10-17(11-5-1)20-16-23-21(18-12-6-2-7-13-18)22(24-20)19-14-8-3-9-15-19;1-6(2)4-8(10)5-7(3)9;/h1-12,14-16H;6-10H,4-5H2,1-3H3;/q-1;;. The maximum absolute atomic E-state index is 9.23. The zero-order chi connectivity index (χ0) is 24.3. The van der Waals surface area contributed by atoms with Crippen molar-refractivity contribution in [3.05, 3.63) is 97.2 Å². The van der Waals surface area contributed by atoms with Crippen molar-refractivity contribution in [2.45, 2.75) is 45.8 Å². The van der Waals surface area contributed by atoms with Crippen molar-refractivity contribution in [3.8, 4) is 33.8 Å². The predicted octanol–water partition coefficient (Wildman–Crippen LogP) is 6.44. The normalized spacial score (nSPS) is 12.2. The van der Waals surface area contributed by atoms with Crippen LogP contribution in [0.2, 0.25) is 0 Å². The second kappa shape index (κ2) is 14.6. The predicted molar refractivity (Wildman–Crippen MR) is 139 cm³/mol. The molecule has 0 saturated carbocycles. The molecule has 0 aliphatic heterocycles. The van der Waals surface area contributed by atoms with Crippen molar-refractivity contribution in [3.63, 3.8) is 0 Å². The van der Waals surface area contributed by atoms with Gasteiger partial charge >= 0.3 is 0 Å². The molecule has 0 bridgehead atoms. The van der Waals surface area contributed by atoms with E-state index in [9.17, 15) is 5.11 Å². The summed E-state index contributed by atoms with van der Waals surface area (Å²) >= 11 is 0. The fourth-order valence-corrected chi connectivity index (χ4v) is 3.71. The fourth-order valence-electron chi connectivity index (χ4n) is 3.71. The molecular weight excluding hydrogens is 613 g/mol. The van der Waals surface area contributed by atoms with Crippen LogP contribution in [0.3, 0.4) is 0 Å². The van der Waals surface area contributed by atoms with Crippen LogP contribution in [0.25, 0.3) is 33.8 Å². The van der Waals surface area contributed by atoms with E-state index in [4.69, 9.17) is 15.1 Å². The van der Waals surface area contributed by atoms with E-state index in [0.717, 1.165) is 40.2 Å². The molecule has 0 amide bonds. The van der Waals surface area contributed by atoms with Crippen molar-refractivity contribution in [2.75, 3.05) is 0 Å². The third kappa shape index (κ3) is 9.12. The molecule has 0 saturated heterocycles. The maximum atomic E-state index is 9.23. The average molecular weight is 646 g/mol. The molecule has 2 atom stereocenters. The number of nitrogens with zero attached hydrogens (tertiary/aromatic N) is 2. The topological polar surface area (TPSA) is 66.2 Å². The van der Waals surface area contributed by atoms with E-state index in [0.29, 0.717) is 12.3 Å². The SMILES string of the molecule is CC(C)CC(O)CC(C)O.[Ir].[c-]1ccccc1-c1ncc(-c2ccccc2)nc1-c1ccccc1. The second-order valence-corrected chi connectivity index (χ2v) is 8.83. The first-order chi connectivity index (χ1) is 16.4. The minimum absolute atomic E-state index is 0. The quantitative estimate of drug-likeness (QED) is 0.227. The van der Waals surface area contributed by atoms with Gasteiger partial charge in [0.15, 0.2) is 0 Å². The molecule has 0 fully saturated rings. The van der Waals surface area contributed by atoms with Gasteiger partial charge in [-0.15, -0.1) is 35.9 Å². The Morgan fingerprint density at radius 2 is 1.34 bits per heavy atom. The van der Waals surface area contributed by atoms with E-state index in [1.54, 1.807) is 6.92 Å². The summed E-state index contributed by atoms with van der Waals surface area (Å²) in [6.07, 6.45) is 2.40. The number of hydrogen-bond acceptors (Lipinski definition) is 4. The molecule has 1 heterocycles. The van der Waals surface area contributed by atoms with Gasteiger partial charge in [0, 0.05) is 37.6 Å². The van der Waals surface area contributed by atoms with Gasteiger partial charge in [-0.25, -0.2) is 0 Å². The van der Waals surface area contributed by atoms with Crippen molar-refractivity contribution < 1.29 is 30.3 Å². The minimum Gasteiger partial charge on any atom is -0.393 e. The monoisotopic (exact) mass is 646 g/mol.